The van der Waals surface area contributed by atoms with Crippen LogP contribution in [0.4, 0.5) is 0 Å². The van der Waals surface area contributed by atoms with Crippen LogP contribution in [0.5, 0.6) is 0 Å². The molecule has 0 aliphatic carbocycles. The minimum absolute atomic E-state index is 0.0906. The van der Waals surface area contributed by atoms with Gasteiger partial charge in [-0.2, -0.15) is 0 Å². The summed E-state index contributed by atoms with van der Waals surface area (Å²) < 4.78 is 0. The molecule has 0 saturated carbocycles. The molecule has 2 N–H and O–H groups in total. The molecule has 0 unspecified atom stereocenters. The van der Waals surface area contributed by atoms with E-state index in [4.69, 9.17) is 5.11 Å². The number of aliphatic hydroxyl groups excluding tert-OH is 2. The Balaban J connectivity index is 2.24. The predicted octanol–water partition coefficient (Wildman–Crippen LogP) is 2.86. The van der Waals surface area contributed by atoms with Gasteiger partial charge in [0, 0.05) is 0 Å². The van der Waals surface area contributed by atoms with Crippen molar-refractivity contribution in [2.24, 2.45) is 0 Å². The summed E-state index contributed by atoms with van der Waals surface area (Å²) in [5, 5.41) is 19.2. The number of aromatic nitrogens is 2. The number of nitrogens with zero attached hydrogens (tertiary/aromatic N) is 2. The molecule has 4 nitrogen and oxygen atoms in total. The molecular weight excluding hydrogens is 252 g/mol. The molecule has 0 bridgehead atoms. The van der Waals surface area contributed by atoms with E-state index in [-0.39, 0.29) is 6.61 Å². The number of unbranched alkanes of at least 4 members (excludes halogenated alkanes) is 1. The molecule has 0 spiro atoms. The number of hydrogen-bond acceptors (Lipinski definition) is 4. The molecule has 2 heterocycles. The van der Waals surface area contributed by atoms with Crippen LogP contribution < -0.4 is 0 Å². The van der Waals surface area contributed by atoms with Crippen molar-refractivity contribution in [3.63, 3.8) is 0 Å². The number of aliphatic hydroxyl groups is 2. The molecule has 2 aromatic heterocycles. The van der Waals surface area contributed by atoms with Crippen LogP contribution in [-0.2, 0) is 6.61 Å². The average Bonchev–Trinajstić information content (AvgIpc) is 2.52. The SMILES string of the molecule is CCCC[C@H](O)c1cccc(-c2cccc(CO)n2)n1. The third kappa shape index (κ3) is 3.62. The van der Waals surface area contributed by atoms with Crippen molar-refractivity contribution in [3.05, 3.63) is 47.8 Å². The Labute approximate surface area is 119 Å². The molecule has 2 rings (SSSR count). The number of hydrogen-bond donors (Lipinski definition) is 2. The molecule has 106 valence electrons. The lowest BCUT2D eigenvalue weighted by atomic mass is 10.1. The molecule has 2 aromatic rings. The minimum Gasteiger partial charge on any atom is -0.390 e. The highest BCUT2D eigenvalue weighted by molar-refractivity contribution is 5.54. The first-order chi connectivity index (χ1) is 9.74. The quantitative estimate of drug-likeness (QED) is 0.848. The van der Waals surface area contributed by atoms with Crippen LogP contribution in [0.15, 0.2) is 36.4 Å². The first-order valence-corrected chi connectivity index (χ1v) is 6.96. The maximum Gasteiger partial charge on any atom is 0.0960 e. The van der Waals surface area contributed by atoms with Gasteiger partial charge in [0.15, 0.2) is 0 Å². The van der Waals surface area contributed by atoms with Crippen LogP contribution in [0.2, 0.25) is 0 Å². The topological polar surface area (TPSA) is 66.2 Å². The second-order valence-electron chi connectivity index (χ2n) is 4.78. The summed E-state index contributed by atoms with van der Waals surface area (Å²) in [7, 11) is 0. The van der Waals surface area contributed by atoms with Gasteiger partial charge >= 0.3 is 0 Å². The average molecular weight is 272 g/mol. The molecule has 1 atom stereocenters. The van der Waals surface area contributed by atoms with Gasteiger partial charge in [-0.25, -0.2) is 9.97 Å². The molecule has 0 aromatic carbocycles. The third-order valence-electron chi connectivity index (χ3n) is 3.17. The lowest BCUT2D eigenvalue weighted by Gasteiger charge is -2.11. The van der Waals surface area contributed by atoms with Crippen molar-refractivity contribution in [2.45, 2.75) is 38.9 Å². The lowest BCUT2D eigenvalue weighted by Crippen LogP contribution is -2.02. The highest BCUT2D eigenvalue weighted by Gasteiger charge is 2.10. The van der Waals surface area contributed by atoms with Gasteiger partial charge in [0.1, 0.15) is 0 Å². The summed E-state index contributed by atoms with van der Waals surface area (Å²) in [4.78, 5) is 8.81. The van der Waals surface area contributed by atoms with E-state index < -0.39 is 6.10 Å². The molecule has 0 fully saturated rings. The van der Waals surface area contributed by atoms with Crippen LogP contribution in [0, 0.1) is 0 Å². The second kappa shape index (κ2) is 7.12. The Bertz CT molecular complexity index is 558. The predicted molar refractivity (Wildman–Crippen MR) is 77.9 cm³/mol. The molecule has 0 radical (unpaired) electrons. The Morgan fingerprint density at radius 2 is 1.75 bits per heavy atom. The standard InChI is InChI=1S/C16H20N2O2/c1-2-3-10-16(20)15-9-5-8-14(18-15)13-7-4-6-12(11-19)17-13/h4-9,16,19-20H,2-3,10-11H2,1H3/t16-/m0/s1. The number of pyridine rings is 2. The summed E-state index contributed by atoms with van der Waals surface area (Å²) >= 11 is 0. The van der Waals surface area contributed by atoms with Crippen LogP contribution in [-0.4, -0.2) is 20.2 Å². The van der Waals surface area contributed by atoms with Crippen molar-refractivity contribution in [2.75, 3.05) is 0 Å². The Morgan fingerprint density at radius 3 is 2.45 bits per heavy atom. The first-order valence-electron chi connectivity index (χ1n) is 6.96. The zero-order valence-electron chi connectivity index (χ0n) is 11.7. The molecule has 4 heteroatoms. The molecule has 0 aliphatic rings. The van der Waals surface area contributed by atoms with E-state index >= 15 is 0 Å². The van der Waals surface area contributed by atoms with Gasteiger partial charge < -0.3 is 10.2 Å². The van der Waals surface area contributed by atoms with Crippen LogP contribution in [0.3, 0.4) is 0 Å². The monoisotopic (exact) mass is 272 g/mol. The fourth-order valence-electron chi connectivity index (χ4n) is 2.04. The summed E-state index contributed by atoms with van der Waals surface area (Å²) in [6.45, 7) is 2.01. The van der Waals surface area contributed by atoms with Crippen molar-refractivity contribution in [1.82, 2.24) is 9.97 Å². The smallest absolute Gasteiger partial charge is 0.0960 e. The highest BCUT2D eigenvalue weighted by Crippen LogP contribution is 2.21. The zero-order chi connectivity index (χ0) is 14.4. The van der Waals surface area contributed by atoms with Crippen molar-refractivity contribution in [1.29, 1.82) is 0 Å². The maximum atomic E-state index is 10.1. The van der Waals surface area contributed by atoms with E-state index in [1.54, 1.807) is 6.07 Å². The Kier molecular flexibility index (Phi) is 5.21. The third-order valence-corrected chi connectivity index (χ3v) is 3.17. The molecule has 0 aliphatic heterocycles. The summed E-state index contributed by atoms with van der Waals surface area (Å²) in [6.07, 6.45) is 2.22. The van der Waals surface area contributed by atoms with E-state index in [9.17, 15) is 5.11 Å². The fraction of sp³-hybridized carbons (Fsp3) is 0.375. The first kappa shape index (κ1) is 14.6. The maximum absolute atomic E-state index is 10.1. The molecular formula is C16H20N2O2. The van der Waals surface area contributed by atoms with Crippen molar-refractivity contribution in [3.8, 4) is 11.4 Å². The lowest BCUT2D eigenvalue weighted by molar-refractivity contribution is 0.159. The van der Waals surface area contributed by atoms with E-state index in [1.165, 1.54) is 0 Å². The second-order valence-corrected chi connectivity index (χ2v) is 4.78. The van der Waals surface area contributed by atoms with Crippen LogP contribution >= 0.6 is 0 Å². The van der Waals surface area contributed by atoms with Gasteiger partial charge in [0.2, 0.25) is 0 Å². The Morgan fingerprint density at radius 1 is 1.05 bits per heavy atom. The van der Waals surface area contributed by atoms with E-state index in [0.717, 1.165) is 19.3 Å². The van der Waals surface area contributed by atoms with Crippen molar-refractivity contribution >= 4 is 0 Å². The largest absolute Gasteiger partial charge is 0.390 e. The normalized spacial score (nSPS) is 12.3. The van der Waals surface area contributed by atoms with Gasteiger partial charge in [-0.3, -0.25) is 0 Å². The van der Waals surface area contributed by atoms with Crippen LogP contribution in [0.1, 0.15) is 43.7 Å². The Hall–Kier alpha value is -1.78. The van der Waals surface area contributed by atoms with Gasteiger partial charge in [-0.1, -0.05) is 31.9 Å². The van der Waals surface area contributed by atoms with E-state index in [0.29, 0.717) is 22.8 Å². The van der Waals surface area contributed by atoms with Gasteiger partial charge in [0.25, 0.3) is 0 Å². The summed E-state index contributed by atoms with van der Waals surface area (Å²) in [5.74, 6) is 0. The summed E-state index contributed by atoms with van der Waals surface area (Å²) in [5.41, 5.74) is 2.71. The van der Waals surface area contributed by atoms with Crippen molar-refractivity contribution < 1.29 is 10.2 Å². The number of rotatable bonds is 6. The summed E-state index contributed by atoms with van der Waals surface area (Å²) in [6, 6.07) is 11.0. The van der Waals surface area contributed by atoms with Gasteiger partial charge in [0.05, 0.1) is 35.5 Å². The molecule has 0 amide bonds. The van der Waals surface area contributed by atoms with E-state index in [1.807, 2.05) is 30.3 Å². The van der Waals surface area contributed by atoms with Gasteiger partial charge in [-0.15, -0.1) is 0 Å². The van der Waals surface area contributed by atoms with E-state index in [2.05, 4.69) is 16.9 Å². The molecule has 0 saturated heterocycles. The highest BCUT2D eigenvalue weighted by atomic mass is 16.3. The van der Waals surface area contributed by atoms with Gasteiger partial charge in [-0.05, 0) is 30.7 Å². The molecule has 20 heavy (non-hydrogen) atoms. The fourth-order valence-corrected chi connectivity index (χ4v) is 2.04. The zero-order valence-corrected chi connectivity index (χ0v) is 11.7. The minimum atomic E-state index is -0.532. The van der Waals surface area contributed by atoms with Crippen LogP contribution in [0.25, 0.3) is 11.4 Å².